The van der Waals surface area contributed by atoms with Crippen LogP contribution in [0.2, 0.25) is 10.0 Å². The molecule has 0 unspecified atom stereocenters. The number of hydrogen-bond donors (Lipinski definition) is 1. The Morgan fingerprint density at radius 3 is 2.53 bits per heavy atom. The number of hydrazone groups is 1. The molecule has 1 heterocycles. The molecule has 0 atom stereocenters. The third kappa shape index (κ3) is 5.40. The SMILES string of the molecule is COc1cc(C=NNc2nc(-c3ccccc3)cs2)ccc1OCc1c(Cl)cccc1Cl. The quantitative estimate of drug-likeness (QED) is 0.213. The number of methoxy groups -OCH3 is 1. The number of ether oxygens (including phenoxy) is 2. The molecule has 0 fully saturated rings. The summed E-state index contributed by atoms with van der Waals surface area (Å²) in [5, 5.41) is 8.11. The summed E-state index contributed by atoms with van der Waals surface area (Å²) in [4.78, 5) is 4.55. The van der Waals surface area contributed by atoms with Gasteiger partial charge in [0.25, 0.3) is 0 Å². The van der Waals surface area contributed by atoms with E-state index in [4.69, 9.17) is 32.7 Å². The van der Waals surface area contributed by atoms with Crippen LogP contribution in [-0.2, 0) is 6.61 Å². The molecule has 3 aromatic carbocycles. The van der Waals surface area contributed by atoms with Gasteiger partial charge in [0.1, 0.15) is 6.61 Å². The van der Waals surface area contributed by atoms with Gasteiger partial charge in [0.05, 0.1) is 19.0 Å². The predicted octanol–water partition coefficient (Wildman–Crippen LogP) is 7.15. The Hall–Kier alpha value is -3.06. The van der Waals surface area contributed by atoms with Crippen LogP contribution >= 0.6 is 34.5 Å². The van der Waals surface area contributed by atoms with E-state index < -0.39 is 0 Å². The fourth-order valence-electron chi connectivity index (χ4n) is 2.93. The average Bonchev–Trinajstić information content (AvgIpc) is 3.29. The normalized spacial score (nSPS) is 11.0. The van der Waals surface area contributed by atoms with Gasteiger partial charge in [0.2, 0.25) is 5.13 Å². The van der Waals surface area contributed by atoms with Gasteiger partial charge in [-0.1, -0.05) is 59.6 Å². The van der Waals surface area contributed by atoms with E-state index >= 15 is 0 Å². The molecule has 0 radical (unpaired) electrons. The maximum Gasteiger partial charge on any atom is 0.203 e. The smallest absolute Gasteiger partial charge is 0.203 e. The highest BCUT2D eigenvalue weighted by Crippen LogP contribution is 2.31. The van der Waals surface area contributed by atoms with Gasteiger partial charge in [-0.3, -0.25) is 5.43 Å². The zero-order valence-corrected chi connectivity index (χ0v) is 19.4. The fraction of sp³-hybridized carbons (Fsp3) is 0.0833. The minimum Gasteiger partial charge on any atom is -0.493 e. The van der Waals surface area contributed by atoms with Gasteiger partial charge in [-0.25, -0.2) is 4.98 Å². The Balaban J connectivity index is 1.40. The third-order valence-electron chi connectivity index (χ3n) is 4.57. The summed E-state index contributed by atoms with van der Waals surface area (Å²) >= 11 is 13.9. The van der Waals surface area contributed by atoms with Crippen molar-refractivity contribution >= 4 is 45.9 Å². The second-order valence-electron chi connectivity index (χ2n) is 6.67. The largest absolute Gasteiger partial charge is 0.493 e. The van der Waals surface area contributed by atoms with E-state index in [0.717, 1.165) is 22.4 Å². The molecule has 0 aliphatic rings. The first-order valence-electron chi connectivity index (χ1n) is 9.68. The molecule has 4 rings (SSSR count). The van der Waals surface area contributed by atoms with Crippen molar-refractivity contribution in [3.8, 4) is 22.8 Å². The van der Waals surface area contributed by atoms with E-state index in [9.17, 15) is 0 Å². The van der Waals surface area contributed by atoms with Gasteiger partial charge in [-0.15, -0.1) is 11.3 Å². The van der Waals surface area contributed by atoms with Crippen molar-refractivity contribution in [2.45, 2.75) is 6.61 Å². The highest BCUT2D eigenvalue weighted by Gasteiger charge is 2.10. The van der Waals surface area contributed by atoms with Gasteiger partial charge in [0.15, 0.2) is 11.5 Å². The number of rotatable bonds is 8. The summed E-state index contributed by atoms with van der Waals surface area (Å²) in [6.07, 6.45) is 1.70. The lowest BCUT2D eigenvalue weighted by Gasteiger charge is -2.13. The number of benzene rings is 3. The lowest BCUT2D eigenvalue weighted by atomic mass is 10.2. The maximum absolute atomic E-state index is 6.21. The Morgan fingerprint density at radius 2 is 1.78 bits per heavy atom. The van der Waals surface area contributed by atoms with Gasteiger partial charge in [-0.05, 0) is 35.9 Å². The molecule has 0 bridgehead atoms. The van der Waals surface area contributed by atoms with Crippen LogP contribution in [0.3, 0.4) is 0 Å². The highest BCUT2D eigenvalue weighted by molar-refractivity contribution is 7.14. The number of hydrogen-bond acceptors (Lipinski definition) is 6. The molecule has 1 aromatic heterocycles. The molecule has 8 heteroatoms. The van der Waals surface area contributed by atoms with Crippen molar-refractivity contribution in [1.82, 2.24) is 4.98 Å². The van der Waals surface area contributed by atoms with Gasteiger partial charge < -0.3 is 9.47 Å². The zero-order chi connectivity index (χ0) is 22.3. The number of nitrogens with zero attached hydrogens (tertiary/aromatic N) is 2. The molecule has 0 amide bonds. The molecule has 0 aliphatic carbocycles. The minimum atomic E-state index is 0.234. The molecule has 0 aliphatic heterocycles. The van der Waals surface area contributed by atoms with Crippen molar-refractivity contribution in [3.05, 3.63) is 93.3 Å². The van der Waals surface area contributed by atoms with E-state index in [1.807, 2.05) is 53.9 Å². The Kier molecular flexibility index (Phi) is 7.27. The van der Waals surface area contributed by atoms with Crippen LogP contribution in [0.25, 0.3) is 11.3 Å². The van der Waals surface area contributed by atoms with Gasteiger partial charge in [0, 0.05) is 26.6 Å². The summed E-state index contributed by atoms with van der Waals surface area (Å²) in [6, 6.07) is 20.9. The summed E-state index contributed by atoms with van der Waals surface area (Å²) in [6.45, 7) is 0.234. The summed E-state index contributed by atoms with van der Waals surface area (Å²) < 4.78 is 11.4. The predicted molar refractivity (Wildman–Crippen MR) is 133 cm³/mol. The van der Waals surface area contributed by atoms with E-state index in [0.29, 0.717) is 26.7 Å². The first-order valence-corrected chi connectivity index (χ1v) is 11.3. The number of anilines is 1. The van der Waals surface area contributed by atoms with Crippen LogP contribution in [0.1, 0.15) is 11.1 Å². The molecule has 162 valence electrons. The fourth-order valence-corrected chi connectivity index (χ4v) is 4.11. The van der Waals surface area contributed by atoms with E-state index in [1.54, 1.807) is 31.5 Å². The molecule has 1 N–H and O–H groups in total. The number of halogens is 2. The van der Waals surface area contributed by atoms with E-state index in [1.165, 1.54) is 11.3 Å². The molecule has 32 heavy (non-hydrogen) atoms. The first kappa shape index (κ1) is 22.1. The lowest BCUT2D eigenvalue weighted by molar-refractivity contribution is 0.284. The van der Waals surface area contributed by atoms with Crippen LogP contribution in [0.15, 0.2) is 77.2 Å². The van der Waals surface area contributed by atoms with E-state index in [2.05, 4.69) is 15.5 Å². The summed E-state index contributed by atoms with van der Waals surface area (Å²) in [5.74, 6) is 1.17. The highest BCUT2D eigenvalue weighted by atomic mass is 35.5. The lowest BCUT2D eigenvalue weighted by Crippen LogP contribution is -2.00. The second-order valence-corrected chi connectivity index (χ2v) is 8.35. The van der Waals surface area contributed by atoms with Crippen LogP contribution < -0.4 is 14.9 Å². The molecule has 5 nitrogen and oxygen atoms in total. The van der Waals surface area contributed by atoms with Crippen molar-refractivity contribution in [2.75, 3.05) is 12.5 Å². The first-order chi connectivity index (χ1) is 15.6. The monoisotopic (exact) mass is 483 g/mol. The van der Waals surface area contributed by atoms with Crippen molar-refractivity contribution < 1.29 is 9.47 Å². The van der Waals surface area contributed by atoms with Crippen LogP contribution in [0.5, 0.6) is 11.5 Å². The third-order valence-corrected chi connectivity index (χ3v) is 6.02. The molecular formula is C24H19Cl2N3O2S. The Bertz CT molecular complexity index is 1210. The average molecular weight is 484 g/mol. The maximum atomic E-state index is 6.21. The van der Waals surface area contributed by atoms with Crippen molar-refractivity contribution in [2.24, 2.45) is 5.10 Å². The van der Waals surface area contributed by atoms with E-state index in [-0.39, 0.29) is 6.61 Å². The number of thiazole rings is 1. The number of aromatic nitrogens is 1. The van der Waals surface area contributed by atoms with Gasteiger partial charge in [-0.2, -0.15) is 5.10 Å². The zero-order valence-electron chi connectivity index (χ0n) is 17.1. The molecular weight excluding hydrogens is 465 g/mol. The summed E-state index contributed by atoms with van der Waals surface area (Å²) in [5.41, 5.74) is 6.52. The van der Waals surface area contributed by atoms with Crippen molar-refractivity contribution in [3.63, 3.8) is 0 Å². The standard InChI is InChI=1S/C24H19Cl2N3O2S/c1-30-23-12-16(10-11-22(23)31-14-18-19(25)8-5-9-20(18)26)13-27-29-24-28-21(15-32-24)17-6-3-2-4-7-17/h2-13,15H,14H2,1H3,(H,28,29). The van der Waals surface area contributed by atoms with Crippen molar-refractivity contribution in [1.29, 1.82) is 0 Å². The van der Waals surface area contributed by atoms with Gasteiger partial charge >= 0.3 is 0 Å². The van der Waals surface area contributed by atoms with Crippen LogP contribution in [-0.4, -0.2) is 18.3 Å². The summed E-state index contributed by atoms with van der Waals surface area (Å²) in [7, 11) is 1.59. The molecule has 0 saturated heterocycles. The molecule has 0 spiro atoms. The number of nitrogens with one attached hydrogen (secondary N) is 1. The Labute approximate surface area is 200 Å². The van der Waals surface area contributed by atoms with Crippen LogP contribution in [0, 0.1) is 0 Å². The topological polar surface area (TPSA) is 55.7 Å². The minimum absolute atomic E-state index is 0.234. The van der Waals surface area contributed by atoms with Crippen LogP contribution in [0.4, 0.5) is 5.13 Å². The second kappa shape index (κ2) is 10.5. The molecule has 0 saturated carbocycles. The Morgan fingerprint density at radius 1 is 1.00 bits per heavy atom. The molecule has 4 aromatic rings.